The topological polar surface area (TPSA) is 168 Å². The normalized spacial score (nSPS) is 15.6. The summed E-state index contributed by atoms with van der Waals surface area (Å²) in [6, 6.07) is 10.7. The molecule has 1 saturated heterocycles. The molecule has 0 atom stereocenters. The van der Waals surface area contributed by atoms with E-state index in [1.807, 2.05) is 0 Å². The molecule has 33 heavy (non-hydrogen) atoms. The van der Waals surface area contributed by atoms with Gasteiger partial charge < -0.3 is 16.0 Å². The summed E-state index contributed by atoms with van der Waals surface area (Å²) in [7, 11) is -7.50. The van der Waals surface area contributed by atoms with Crippen LogP contribution in [0.5, 0.6) is 0 Å². The molecule has 0 unspecified atom stereocenters. The third-order valence-corrected chi connectivity index (χ3v) is 7.88. The first kappa shape index (κ1) is 24.6. The monoisotopic (exact) mass is 495 g/mol. The van der Waals surface area contributed by atoms with Crippen molar-refractivity contribution in [1.82, 2.24) is 9.62 Å². The minimum absolute atomic E-state index is 0.0632. The molecule has 1 aliphatic heterocycles. The van der Waals surface area contributed by atoms with Gasteiger partial charge in [-0.2, -0.15) is 4.31 Å². The van der Waals surface area contributed by atoms with E-state index in [4.69, 9.17) is 5.14 Å². The fraction of sp³-hybridized carbons (Fsp3) is 0.300. The Bertz CT molecular complexity index is 1220. The smallest absolute Gasteiger partial charge is 0.319 e. The molecule has 1 aliphatic rings. The third kappa shape index (κ3) is 6.51. The summed E-state index contributed by atoms with van der Waals surface area (Å²) < 4.78 is 49.7. The standard InChI is InChI=1S/C20H25N5O6S2/c1-14(26)22-15-4-8-19(9-5-15)33(30,31)25-12-10-17(11-13-25)24-20(27)23-16-2-6-18(7-3-16)32(21,28)29/h2-9,17H,10-13H2,1H3,(H,22,26)(H2,21,28,29)(H2,23,24,27). The lowest BCUT2D eigenvalue weighted by molar-refractivity contribution is -0.114. The Hall–Kier alpha value is -3.00. The summed E-state index contributed by atoms with van der Waals surface area (Å²) >= 11 is 0. The van der Waals surface area contributed by atoms with E-state index < -0.39 is 26.1 Å². The van der Waals surface area contributed by atoms with Crippen molar-refractivity contribution < 1.29 is 26.4 Å². The Labute approximate surface area is 192 Å². The van der Waals surface area contributed by atoms with Crippen LogP contribution in [0.3, 0.4) is 0 Å². The van der Waals surface area contributed by atoms with E-state index in [2.05, 4.69) is 16.0 Å². The van der Waals surface area contributed by atoms with Crippen LogP contribution >= 0.6 is 0 Å². The van der Waals surface area contributed by atoms with Gasteiger partial charge in [0.25, 0.3) is 0 Å². The first-order valence-corrected chi connectivity index (χ1v) is 13.0. The Kier molecular flexibility index (Phi) is 7.37. The van der Waals surface area contributed by atoms with Crippen LogP contribution in [0.1, 0.15) is 19.8 Å². The fourth-order valence-electron chi connectivity index (χ4n) is 3.38. The summed E-state index contributed by atoms with van der Waals surface area (Å²) in [5, 5.41) is 13.0. The maximum atomic E-state index is 12.9. The molecule has 1 fully saturated rings. The van der Waals surface area contributed by atoms with E-state index in [9.17, 15) is 26.4 Å². The molecular formula is C20H25N5O6S2. The largest absolute Gasteiger partial charge is 0.335 e. The molecule has 0 saturated carbocycles. The first-order valence-electron chi connectivity index (χ1n) is 10.0. The number of anilines is 2. The highest BCUT2D eigenvalue weighted by atomic mass is 32.2. The lowest BCUT2D eigenvalue weighted by Gasteiger charge is -2.31. The number of carbonyl (C=O) groups is 2. The van der Waals surface area contributed by atoms with Gasteiger partial charge in [-0.25, -0.2) is 26.8 Å². The van der Waals surface area contributed by atoms with Crippen LogP contribution in [0.25, 0.3) is 0 Å². The molecule has 178 valence electrons. The number of nitrogens with two attached hydrogens (primary N) is 1. The second-order valence-electron chi connectivity index (χ2n) is 7.55. The zero-order chi connectivity index (χ0) is 24.2. The minimum Gasteiger partial charge on any atom is -0.335 e. The SMILES string of the molecule is CC(=O)Nc1ccc(S(=O)(=O)N2CCC(NC(=O)Nc3ccc(S(N)(=O)=O)cc3)CC2)cc1. The molecular weight excluding hydrogens is 470 g/mol. The minimum atomic E-state index is -3.81. The molecule has 0 spiro atoms. The molecule has 11 nitrogen and oxygen atoms in total. The fourth-order valence-corrected chi connectivity index (χ4v) is 5.37. The van der Waals surface area contributed by atoms with E-state index in [-0.39, 0.29) is 34.8 Å². The van der Waals surface area contributed by atoms with Gasteiger partial charge >= 0.3 is 6.03 Å². The number of benzene rings is 2. The van der Waals surface area contributed by atoms with E-state index >= 15 is 0 Å². The van der Waals surface area contributed by atoms with Gasteiger partial charge in [0.1, 0.15) is 0 Å². The van der Waals surface area contributed by atoms with Crippen molar-refractivity contribution in [2.24, 2.45) is 5.14 Å². The number of hydrogen-bond acceptors (Lipinski definition) is 6. The summed E-state index contributed by atoms with van der Waals surface area (Å²) in [5.41, 5.74) is 0.900. The van der Waals surface area contributed by atoms with Crippen LogP contribution in [0.4, 0.5) is 16.2 Å². The molecule has 3 rings (SSSR count). The van der Waals surface area contributed by atoms with Gasteiger partial charge in [0.15, 0.2) is 0 Å². The van der Waals surface area contributed by atoms with Crippen LogP contribution in [0.15, 0.2) is 58.3 Å². The van der Waals surface area contributed by atoms with Crippen LogP contribution in [-0.2, 0) is 24.8 Å². The molecule has 3 amide bonds. The Balaban J connectivity index is 1.52. The molecule has 0 radical (unpaired) electrons. The summed E-state index contributed by atoms with van der Waals surface area (Å²) in [6.07, 6.45) is 0.863. The van der Waals surface area contributed by atoms with Gasteiger partial charge in [-0.05, 0) is 61.4 Å². The number of amides is 3. The van der Waals surface area contributed by atoms with Gasteiger partial charge in [-0.15, -0.1) is 0 Å². The number of primary sulfonamides is 1. The predicted octanol–water partition coefficient (Wildman–Crippen LogP) is 1.27. The average Bonchev–Trinajstić information content (AvgIpc) is 2.74. The van der Waals surface area contributed by atoms with Crippen molar-refractivity contribution in [3.05, 3.63) is 48.5 Å². The molecule has 0 bridgehead atoms. The highest BCUT2D eigenvalue weighted by Gasteiger charge is 2.30. The highest BCUT2D eigenvalue weighted by molar-refractivity contribution is 7.89. The number of nitrogens with one attached hydrogen (secondary N) is 3. The number of piperidine rings is 1. The van der Waals surface area contributed by atoms with Crippen LogP contribution in [0.2, 0.25) is 0 Å². The molecule has 0 aliphatic carbocycles. The lowest BCUT2D eigenvalue weighted by atomic mass is 10.1. The summed E-state index contributed by atoms with van der Waals surface area (Å²) in [5.74, 6) is -0.246. The Morgan fingerprint density at radius 2 is 1.33 bits per heavy atom. The molecule has 2 aromatic rings. The maximum absolute atomic E-state index is 12.9. The second-order valence-corrected chi connectivity index (χ2v) is 11.1. The van der Waals surface area contributed by atoms with Gasteiger partial charge in [0.2, 0.25) is 26.0 Å². The number of urea groups is 1. The predicted molar refractivity (Wildman–Crippen MR) is 122 cm³/mol. The highest BCUT2D eigenvalue weighted by Crippen LogP contribution is 2.22. The van der Waals surface area contributed by atoms with Gasteiger partial charge in [0.05, 0.1) is 9.79 Å². The number of nitrogens with zero attached hydrogens (tertiary/aromatic N) is 1. The molecule has 13 heteroatoms. The molecule has 2 aromatic carbocycles. The second kappa shape index (κ2) is 9.87. The van der Waals surface area contributed by atoms with Crippen molar-refractivity contribution in [1.29, 1.82) is 0 Å². The molecule has 1 heterocycles. The van der Waals surface area contributed by atoms with Crippen molar-refractivity contribution in [2.75, 3.05) is 23.7 Å². The van der Waals surface area contributed by atoms with E-state index in [0.29, 0.717) is 24.2 Å². The number of rotatable bonds is 6. The number of sulfonamides is 2. The Morgan fingerprint density at radius 1 is 0.848 bits per heavy atom. The van der Waals surface area contributed by atoms with Crippen molar-refractivity contribution in [3.8, 4) is 0 Å². The van der Waals surface area contributed by atoms with Gasteiger partial charge in [-0.1, -0.05) is 0 Å². The van der Waals surface area contributed by atoms with Crippen LogP contribution in [-0.4, -0.2) is 52.2 Å². The number of hydrogen-bond donors (Lipinski definition) is 4. The first-order chi connectivity index (χ1) is 15.4. The molecule has 0 aromatic heterocycles. The lowest BCUT2D eigenvalue weighted by Crippen LogP contribution is -2.47. The van der Waals surface area contributed by atoms with Crippen LogP contribution in [0, 0.1) is 0 Å². The van der Waals surface area contributed by atoms with E-state index in [1.54, 1.807) is 0 Å². The van der Waals surface area contributed by atoms with Crippen molar-refractivity contribution >= 4 is 43.4 Å². The molecule has 5 N–H and O–H groups in total. The van der Waals surface area contributed by atoms with E-state index in [1.165, 1.54) is 59.8 Å². The maximum Gasteiger partial charge on any atom is 0.319 e. The zero-order valence-electron chi connectivity index (χ0n) is 17.8. The van der Waals surface area contributed by atoms with Crippen LogP contribution < -0.4 is 21.1 Å². The van der Waals surface area contributed by atoms with Crippen molar-refractivity contribution in [3.63, 3.8) is 0 Å². The number of carbonyl (C=O) groups excluding carboxylic acids is 2. The summed E-state index contributed by atoms with van der Waals surface area (Å²) in [6.45, 7) is 1.85. The van der Waals surface area contributed by atoms with Crippen molar-refractivity contribution in [2.45, 2.75) is 35.6 Å². The van der Waals surface area contributed by atoms with E-state index in [0.717, 1.165) is 0 Å². The zero-order valence-corrected chi connectivity index (χ0v) is 19.4. The Morgan fingerprint density at radius 3 is 1.82 bits per heavy atom. The van der Waals surface area contributed by atoms with Gasteiger partial charge in [0, 0.05) is 37.4 Å². The van der Waals surface area contributed by atoms with Gasteiger partial charge in [-0.3, -0.25) is 4.79 Å². The average molecular weight is 496 g/mol. The third-order valence-electron chi connectivity index (χ3n) is 5.04. The summed E-state index contributed by atoms with van der Waals surface area (Å²) in [4.78, 5) is 23.4. The quantitative estimate of drug-likeness (QED) is 0.470.